The van der Waals surface area contributed by atoms with Gasteiger partial charge in [0, 0.05) is 37.0 Å². The van der Waals surface area contributed by atoms with Gasteiger partial charge < -0.3 is 30.1 Å². The van der Waals surface area contributed by atoms with Gasteiger partial charge in [-0.05, 0) is 53.3 Å². The van der Waals surface area contributed by atoms with Gasteiger partial charge in [0.1, 0.15) is 0 Å². The van der Waals surface area contributed by atoms with E-state index in [-0.39, 0.29) is 56.1 Å². The number of rotatable bonds is 12. The summed E-state index contributed by atoms with van der Waals surface area (Å²) in [5, 5.41) is 31.0. The van der Waals surface area contributed by atoms with Gasteiger partial charge in [-0.25, -0.2) is 0 Å². The number of aliphatic hydroxyl groups excluding tert-OH is 2. The molecule has 0 unspecified atom stereocenters. The highest BCUT2D eigenvalue weighted by Gasteiger charge is 2.40. The molecule has 9 heteroatoms. The van der Waals surface area contributed by atoms with Crippen molar-refractivity contribution in [2.75, 3.05) is 19.7 Å². The van der Waals surface area contributed by atoms with Crippen molar-refractivity contribution in [3.8, 4) is 11.1 Å². The molecular formula is C35H42N2O7. The van der Waals surface area contributed by atoms with E-state index in [2.05, 4.69) is 17.1 Å². The van der Waals surface area contributed by atoms with Gasteiger partial charge in [-0.2, -0.15) is 0 Å². The van der Waals surface area contributed by atoms with Crippen molar-refractivity contribution in [3.05, 3.63) is 95.1 Å². The number of benzene rings is 3. The maximum atomic E-state index is 12.0. The number of carbonyl (C=O) groups excluding carboxylic acids is 1. The van der Waals surface area contributed by atoms with Crippen molar-refractivity contribution in [1.82, 2.24) is 10.2 Å². The van der Waals surface area contributed by atoms with Gasteiger partial charge in [0.15, 0.2) is 6.29 Å². The zero-order valence-corrected chi connectivity index (χ0v) is 25.1. The van der Waals surface area contributed by atoms with Crippen molar-refractivity contribution < 1.29 is 34.4 Å². The molecule has 5 rings (SSSR count). The number of nitrogens with one attached hydrogen (secondary N) is 1. The second-order valence-corrected chi connectivity index (χ2v) is 11.8. The molecule has 0 bridgehead atoms. The highest BCUT2D eigenvalue weighted by atomic mass is 16.7. The van der Waals surface area contributed by atoms with Gasteiger partial charge in [-0.1, -0.05) is 73.7 Å². The summed E-state index contributed by atoms with van der Waals surface area (Å²) in [6, 6.07) is 24.0. The van der Waals surface area contributed by atoms with Crippen LogP contribution >= 0.6 is 0 Å². The number of aliphatic hydroxyl groups is 2. The van der Waals surface area contributed by atoms with Crippen LogP contribution < -0.4 is 5.32 Å². The highest BCUT2D eigenvalue weighted by Crippen LogP contribution is 2.42. The van der Waals surface area contributed by atoms with Crippen LogP contribution in [0, 0.1) is 5.92 Å². The Morgan fingerprint density at radius 1 is 0.909 bits per heavy atom. The highest BCUT2D eigenvalue weighted by molar-refractivity contribution is 5.80. The fraction of sp³-hybridized carbons (Fsp3) is 0.429. The molecule has 0 aliphatic carbocycles. The van der Waals surface area contributed by atoms with E-state index < -0.39 is 12.3 Å². The first-order valence-corrected chi connectivity index (χ1v) is 15.4. The number of hydrogen-bond acceptors (Lipinski definition) is 7. The normalized spacial score (nSPS) is 23.8. The lowest BCUT2D eigenvalue weighted by molar-refractivity contribution is -0.276. The number of carboxylic acid groups (broad SMARTS) is 1. The lowest BCUT2D eigenvalue weighted by atomic mass is 9.89. The predicted octanol–water partition coefficient (Wildman–Crippen LogP) is 4.58. The zero-order valence-electron chi connectivity index (χ0n) is 25.1. The minimum absolute atomic E-state index is 0.0100. The Balaban J connectivity index is 1.31. The molecule has 44 heavy (non-hydrogen) atoms. The van der Waals surface area contributed by atoms with Gasteiger partial charge in [-0.15, -0.1) is 0 Å². The minimum Gasteiger partial charge on any atom is -0.481 e. The van der Waals surface area contributed by atoms with Crippen LogP contribution in [0.15, 0.2) is 72.8 Å². The summed E-state index contributed by atoms with van der Waals surface area (Å²) in [5.41, 5.74) is 5.72. The second-order valence-electron chi connectivity index (χ2n) is 11.8. The van der Waals surface area contributed by atoms with Crippen LogP contribution in [0.3, 0.4) is 0 Å². The second kappa shape index (κ2) is 14.9. The van der Waals surface area contributed by atoms with Crippen molar-refractivity contribution >= 4 is 11.9 Å². The van der Waals surface area contributed by atoms with Crippen molar-refractivity contribution in [2.24, 2.45) is 5.92 Å². The SMILES string of the molecule is C[C@@H]1[C@H](CN2CCC[C@H]2CO)O[C@H](c2ccc(-c3cccc(CNC(=O)CCC(=O)O)c3)cc2)O[C@@H]1c1ccc(CO)cc1. The van der Waals surface area contributed by atoms with E-state index in [9.17, 15) is 19.8 Å². The fourth-order valence-electron chi connectivity index (χ4n) is 6.10. The molecule has 2 aliphatic heterocycles. The van der Waals surface area contributed by atoms with Gasteiger partial charge in [0.05, 0.1) is 31.8 Å². The Morgan fingerprint density at radius 3 is 2.36 bits per heavy atom. The first kappa shape index (κ1) is 31.8. The molecule has 3 aromatic carbocycles. The number of carboxylic acids is 1. The average Bonchev–Trinajstić information content (AvgIpc) is 3.51. The van der Waals surface area contributed by atoms with Crippen LogP contribution in [0.4, 0.5) is 0 Å². The van der Waals surface area contributed by atoms with Crippen LogP contribution in [-0.2, 0) is 32.2 Å². The fourth-order valence-corrected chi connectivity index (χ4v) is 6.10. The predicted molar refractivity (Wildman–Crippen MR) is 165 cm³/mol. The van der Waals surface area contributed by atoms with Gasteiger partial charge in [0.2, 0.25) is 5.91 Å². The van der Waals surface area contributed by atoms with Gasteiger partial charge in [-0.3, -0.25) is 14.5 Å². The van der Waals surface area contributed by atoms with E-state index in [0.717, 1.165) is 59.3 Å². The van der Waals surface area contributed by atoms with E-state index >= 15 is 0 Å². The van der Waals surface area contributed by atoms with E-state index in [1.165, 1.54) is 0 Å². The van der Waals surface area contributed by atoms with Gasteiger partial charge >= 0.3 is 5.97 Å². The summed E-state index contributed by atoms with van der Waals surface area (Å²) < 4.78 is 13.2. The Bertz CT molecular complexity index is 1390. The lowest BCUT2D eigenvalue weighted by Crippen LogP contribution is -2.46. The molecular weight excluding hydrogens is 560 g/mol. The van der Waals surface area contributed by atoms with Crippen molar-refractivity contribution in [3.63, 3.8) is 0 Å². The lowest BCUT2D eigenvalue weighted by Gasteiger charge is -2.43. The monoisotopic (exact) mass is 602 g/mol. The molecule has 0 spiro atoms. The van der Waals surface area contributed by atoms with Crippen molar-refractivity contribution in [1.29, 1.82) is 0 Å². The standard InChI is InChI=1S/C35H42N2O7/c1-23-31(20-37-17-3-6-30(37)22-39)43-35(44-34(23)27-9-7-24(21-38)8-10-27)28-13-11-26(12-14-28)29-5-2-4-25(18-29)19-36-32(40)15-16-33(41)42/h2,4-5,7-14,18,23,30-31,34-35,38-39H,3,6,15-17,19-22H2,1H3,(H,36,40)(H,41,42)/t23-,30+,31+,34+,35+/m1/s1. The molecule has 234 valence electrons. The molecule has 0 radical (unpaired) electrons. The molecule has 2 aliphatic rings. The molecule has 2 heterocycles. The first-order chi connectivity index (χ1) is 21.3. The number of nitrogens with zero attached hydrogens (tertiary/aromatic N) is 1. The third-order valence-electron chi connectivity index (χ3n) is 8.75. The summed E-state index contributed by atoms with van der Waals surface area (Å²) in [5.74, 6) is -1.21. The number of aliphatic carboxylic acids is 1. The number of carbonyl (C=O) groups is 2. The Labute approximate surface area is 258 Å². The first-order valence-electron chi connectivity index (χ1n) is 15.4. The Hall–Kier alpha value is -3.60. The summed E-state index contributed by atoms with van der Waals surface area (Å²) in [4.78, 5) is 25.0. The molecule has 2 fully saturated rings. The summed E-state index contributed by atoms with van der Waals surface area (Å²) >= 11 is 0. The number of amides is 1. The van der Waals surface area contributed by atoms with E-state index in [1.807, 2.05) is 72.8 Å². The Morgan fingerprint density at radius 2 is 1.66 bits per heavy atom. The topological polar surface area (TPSA) is 129 Å². The zero-order chi connectivity index (χ0) is 31.1. The third-order valence-corrected chi connectivity index (χ3v) is 8.75. The van der Waals surface area contributed by atoms with Crippen LogP contribution in [0.2, 0.25) is 0 Å². The largest absolute Gasteiger partial charge is 0.481 e. The number of likely N-dealkylation sites (tertiary alicyclic amines) is 1. The molecule has 4 N–H and O–H groups in total. The smallest absolute Gasteiger partial charge is 0.303 e. The summed E-state index contributed by atoms with van der Waals surface area (Å²) in [6.07, 6.45) is 0.937. The van der Waals surface area contributed by atoms with E-state index in [4.69, 9.17) is 14.6 Å². The minimum atomic E-state index is -0.992. The van der Waals surface area contributed by atoms with E-state index in [0.29, 0.717) is 6.54 Å². The van der Waals surface area contributed by atoms with E-state index in [1.54, 1.807) is 0 Å². The molecule has 2 saturated heterocycles. The third kappa shape index (κ3) is 7.91. The van der Waals surface area contributed by atoms with Crippen LogP contribution in [0.5, 0.6) is 0 Å². The van der Waals surface area contributed by atoms with Crippen LogP contribution in [0.1, 0.15) is 67.3 Å². The molecule has 3 aromatic rings. The summed E-state index contributed by atoms with van der Waals surface area (Å²) in [6.45, 7) is 4.27. The number of hydrogen-bond donors (Lipinski definition) is 4. The maximum absolute atomic E-state index is 12.0. The molecule has 1 amide bonds. The molecule has 5 atom stereocenters. The maximum Gasteiger partial charge on any atom is 0.303 e. The molecule has 0 aromatic heterocycles. The molecule has 9 nitrogen and oxygen atoms in total. The van der Waals surface area contributed by atoms with Crippen LogP contribution in [-0.4, -0.2) is 63.9 Å². The quantitative estimate of drug-likeness (QED) is 0.237. The summed E-state index contributed by atoms with van der Waals surface area (Å²) in [7, 11) is 0. The molecule has 0 saturated carbocycles. The Kier molecular flexibility index (Phi) is 10.8. The van der Waals surface area contributed by atoms with Crippen LogP contribution in [0.25, 0.3) is 11.1 Å². The van der Waals surface area contributed by atoms with Crippen molar-refractivity contribution in [2.45, 2.75) is 70.3 Å². The number of ether oxygens (including phenoxy) is 2. The van der Waals surface area contributed by atoms with Gasteiger partial charge in [0.25, 0.3) is 0 Å². The average molecular weight is 603 g/mol.